The molecule has 0 saturated carbocycles. The number of hydrogen-bond acceptors (Lipinski definition) is 6. The van der Waals surface area contributed by atoms with Crippen LogP contribution < -0.4 is 23.6 Å². The van der Waals surface area contributed by atoms with Crippen molar-refractivity contribution in [1.82, 2.24) is 0 Å². The summed E-state index contributed by atoms with van der Waals surface area (Å²) in [6, 6.07) is 89.2. The number of para-hydroxylation sites is 4. The third kappa shape index (κ3) is 10.0. The minimum absolute atomic E-state index is 0.674. The lowest BCUT2D eigenvalue weighted by molar-refractivity contribution is 0.456. The summed E-state index contributed by atoms with van der Waals surface area (Å²) < 4.78 is 30.3. The molecule has 14 rings (SSSR count). The van der Waals surface area contributed by atoms with Crippen LogP contribution in [0.2, 0.25) is 0 Å². The zero-order chi connectivity index (χ0) is 51.2. The Morgan fingerprint density at radius 3 is 1.17 bits per heavy atom. The van der Waals surface area contributed by atoms with E-state index in [2.05, 4.69) is 113 Å². The standard InChI is InChI=1S/C34H22O2.C18H13BrO2.C16H10BO2/c1-3-10-26(11-4-1)35-28-18-21-30(32(22-28)36-27-12-5-2-6-13-27)29-19-16-25-15-14-23-8-7-9-24-17-20-31(29)34(25)33(23)24;19-17-12-11-16(20-14-7-3-1-4-8-14)13-18(17)21-15-9-5-2-6-10-15;18-17-19-14-9-7-12-5-4-10-2-1-3-11-6-8-13(14)16(12)15(10)11/h1-22H;1-13H;1-9,18H. The van der Waals surface area contributed by atoms with Gasteiger partial charge in [0.05, 0.1) is 4.47 Å². The van der Waals surface area contributed by atoms with Gasteiger partial charge in [-0.2, -0.15) is 0 Å². The molecular formula is C68H45BBrO6. The van der Waals surface area contributed by atoms with Gasteiger partial charge in [-0.15, -0.1) is 0 Å². The third-order valence-corrected chi connectivity index (χ3v) is 13.9. The first-order valence-electron chi connectivity index (χ1n) is 24.8. The number of benzene rings is 14. The van der Waals surface area contributed by atoms with Gasteiger partial charge in [0.25, 0.3) is 0 Å². The average Bonchev–Trinajstić information content (AvgIpc) is 3.56. The van der Waals surface area contributed by atoms with Gasteiger partial charge in [0, 0.05) is 28.5 Å². The van der Waals surface area contributed by atoms with Crippen LogP contribution in [0.3, 0.4) is 0 Å². The minimum atomic E-state index is 0.674. The van der Waals surface area contributed by atoms with Crippen molar-refractivity contribution in [2.45, 2.75) is 0 Å². The second-order valence-corrected chi connectivity index (χ2v) is 18.9. The lowest BCUT2D eigenvalue weighted by Crippen LogP contribution is -2.00. The highest BCUT2D eigenvalue weighted by atomic mass is 79.9. The predicted octanol–water partition coefficient (Wildman–Crippen LogP) is 19.4. The number of rotatable bonds is 11. The maximum Gasteiger partial charge on any atom is 0.569 e. The molecule has 0 fully saturated rings. The Morgan fingerprint density at radius 2 is 0.658 bits per heavy atom. The van der Waals surface area contributed by atoms with Crippen LogP contribution in [-0.2, 0) is 0 Å². The van der Waals surface area contributed by atoms with Crippen LogP contribution in [0.5, 0.6) is 51.7 Å². The van der Waals surface area contributed by atoms with Crippen molar-refractivity contribution in [3.63, 3.8) is 0 Å². The summed E-state index contributed by atoms with van der Waals surface area (Å²) in [4.78, 5) is 0. The summed E-state index contributed by atoms with van der Waals surface area (Å²) in [5.41, 5.74) is 2.16. The van der Waals surface area contributed by atoms with Crippen LogP contribution in [0.1, 0.15) is 0 Å². The Morgan fingerprint density at radius 1 is 0.276 bits per heavy atom. The van der Waals surface area contributed by atoms with Crippen molar-refractivity contribution in [2.24, 2.45) is 0 Å². The molecule has 0 heterocycles. The van der Waals surface area contributed by atoms with Crippen molar-refractivity contribution in [3.05, 3.63) is 271 Å². The molecule has 0 unspecified atom stereocenters. The smallest absolute Gasteiger partial charge is 0.537 e. The molecule has 363 valence electrons. The lowest BCUT2D eigenvalue weighted by Gasteiger charge is -2.17. The summed E-state index contributed by atoms with van der Waals surface area (Å²) in [5.74, 6) is 6.77. The summed E-state index contributed by atoms with van der Waals surface area (Å²) in [6.45, 7) is 0. The fraction of sp³-hybridized carbons (Fsp3) is 0. The summed E-state index contributed by atoms with van der Waals surface area (Å²) in [6.07, 6.45) is 0. The Bertz CT molecular complexity index is 4220. The van der Waals surface area contributed by atoms with E-state index in [9.17, 15) is 0 Å². The van der Waals surface area contributed by atoms with Gasteiger partial charge in [0.2, 0.25) is 0 Å². The number of ether oxygens (including phenoxy) is 4. The van der Waals surface area contributed by atoms with Gasteiger partial charge in [-0.25, -0.2) is 0 Å². The normalized spacial score (nSPS) is 11.0. The molecule has 6 nitrogen and oxygen atoms in total. The van der Waals surface area contributed by atoms with Crippen LogP contribution in [0.25, 0.3) is 75.8 Å². The molecule has 14 aromatic rings. The second-order valence-electron chi connectivity index (χ2n) is 18.0. The predicted molar refractivity (Wildman–Crippen MR) is 315 cm³/mol. The van der Waals surface area contributed by atoms with Crippen molar-refractivity contribution >= 4 is 88.2 Å². The molecule has 0 aromatic heterocycles. The Labute approximate surface area is 448 Å². The van der Waals surface area contributed by atoms with E-state index in [1.165, 1.54) is 59.2 Å². The van der Waals surface area contributed by atoms with Crippen LogP contribution in [0.15, 0.2) is 271 Å². The maximum absolute atomic E-state index is 8.87. The number of hydrogen-bond donors (Lipinski definition) is 1. The van der Waals surface area contributed by atoms with E-state index in [1.54, 1.807) is 0 Å². The molecule has 0 bridgehead atoms. The molecule has 1 N–H and O–H groups in total. The highest BCUT2D eigenvalue weighted by Crippen LogP contribution is 2.45. The second kappa shape index (κ2) is 21.6. The minimum Gasteiger partial charge on any atom is -0.537 e. The van der Waals surface area contributed by atoms with Gasteiger partial charge in [-0.1, -0.05) is 176 Å². The molecule has 1 radical (unpaired) electrons. The van der Waals surface area contributed by atoms with E-state index in [0.717, 1.165) is 74.7 Å². The molecular weight excluding hydrogens is 1000 g/mol. The summed E-state index contributed by atoms with van der Waals surface area (Å²) >= 11 is 3.49. The summed E-state index contributed by atoms with van der Waals surface area (Å²) in [5, 5.41) is 23.5. The Hall–Kier alpha value is -9.34. The van der Waals surface area contributed by atoms with Gasteiger partial charge >= 0.3 is 7.69 Å². The topological polar surface area (TPSA) is 66.4 Å². The van der Waals surface area contributed by atoms with E-state index in [0.29, 0.717) is 5.75 Å². The van der Waals surface area contributed by atoms with E-state index in [-0.39, 0.29) is 0 Å². The van der Waals surface area contributed by atoms with Gasteiger partial charge in [0.1, 0.15) is 51.7 Å². The Balaban J connectivity index is 0.000000124. The Kier molecular flexibility index (Phi) is 13.6. The van der Waals surface area contributed by atoms with Crippen LogP contribution in [-0.4, -0.2) is 12.7 Å². The van der Waals surface area contributed by atoms with Crippen molar-refractivity contribution in [1.29, 1.82) is 0 Å². The third-order valence-electron chi connectivity index (χ3n) is 13.2. The largest absolute Gasteiger partial charge is 0.569 e. The van der Waals surface area contributed by atoms with E-state index in [4.69, 9.17) is 28.6 Å². The molecule has 14 aromatic carbocycles. The first-order valence-corrected chi connectivity index (χ1v) is 25.6. The van der Waals surface area contributed by atoms with Gasteiger partial charge in [-0.05, 0) is 154 Å². The van der Waals surface area contributed by atoms with E-state index >= 15 is 0 Å². The first-order chi connectivity index (χ1) is 37.5. The molecule has 76 heavy (non-hydrogen) atoms. The molecule has 8 heteroatoms. The molecule has 0 spiro atoms. The lowest BCUT2D eigenvalue weighted by atomic mass is 9.89. The van der Waals surface area contributed by atoms with Crippen molar-refractivity contribution in [3.8, 4) is 62.9 Å². The average molecular weight is 1050 g/mol. The highest BCUT2D eigenvalue weighted by Gasteiger charge is 2.17. The molecule has 0 aliphatic carbocycles. The molecule has 0 amide bonds. The zero-order valence-electron chi connectivity index (χ0n) is 40.8. The molecule has 0 atom stereocenters. The molecule has 0 aliphatic rings. The van der Waals surface area contributed by atoms with Gasteiger partial charge < -0.3 is 28.6 Å². The molecule has 0 saturated heterocycles. The molecule has 0 aliphatic heterocycles. The van der Waals surface area contributed by atoms with E-state index < -0.39 is 0 Å². The van der Waals surface area contributed by atoms with Crippen molar-refractivity contribution in [2.75, 3.05) is 0 Å². The van der Waals surface area contributed by atoms with Crippen LogP contribution in [0, 0.1) is 0 Å². The maximum atomic E-state index is 8.87. The number of halogens is 1. The van der Waals surface area contributed by atoms with Gasteiger partial charge in [0.15, 0.2) is 0 Å². The fourth-order valence-corrected chi connectivity index (χ4v) is 10.1. The monoisotopic (exact) mass is 1050 g/mol. The highest BCUT2D eigenvalue weighted by molar-refractivity contribution is 9.10. The fourth-order valence-electron chi connectivity index (χ4n) is 9.82. The quantitative estimate of drug-likeness (QED) is 0.103. The van der Waals surface area contributed by atoms with Crippen LogP contribution >= 0.6 is 15.9 Å². The van der Waals surface area contributed by atoms with E-state index in [1.807, 2.05) is 170 Å². The first kappa shape index (κ1) is 47.7. The SMILES string of the molecule is Brc1ccc(Oc2ccccc2)cc1Oc1ccccc1.O[B]Oc1ccc2ccc3cccc4ccc1c2c34.c1ccc(Oc2ccc(-c3ccc4ccc5cccc6ccc3c4c56)c(Oc3ccccc3)c2)cc1. The zero-order valence-corrected chi connectivity index (χ0v) is 42.4. The van der Waals surface area contributed by atoms with Crippen molar-refractivity contribution < 1.29 is 28.6 Å². The van der Waals surface area contributed by atoms with Gasteiger partial charge in [-0.3, -0.25) is 0 Å². The summed E-state index contributed by atoms with van der Waals surface area (Å²) in [7, 11) is 0.728. The van der Waals surface area contributed by atoms with Crippen LogP contribution in [0.4, 0.5) is 0 Å².